The van der Waals surface area contributed by atoms with Crippen molar-refractivity contribution in [1.82, 2.24) is 9.97 Å². The van der Waals surface area contributed by atoms with Crippen LogP contribution in [0, 0.1) is 11.8 Å². The third kappa shape index (κ3) is 3.45. The summed E-state index contributed by atoms with van der Waals surface area (Å²) in [6, 6.07) is 13.9. The lowest BCUT2D eigenvalue weighted by molar-refractivity contribution is 0.103. The predicted molar refractivity (Wildman–Crippen MR) is 89.3 cm³/mol. The van der Waals surface area contributed by atoms with Crippen molar-refractivity contribution in [3.05, 3.63) is 94.5 Å². The summed E-state index contributed by atoms with van der Waals surface area (Å²) in [5.41, 5.74) is 2.10. The average molecular weight is 319 g/mol. The van der Waals surface area contributed by atoms with E-state index >= 15 is 0 Å². The number of pyridine rings is 2. The summed E-state index contributed by atoms with van der Waals surface area (Å²) >= 11 is 6.11. The van der Waals surface area contributed by atoms with Crippen LogP contribution in [-0.2, 0) is 0 Å². The van der Waals surface area contributed by atoms with Gasteiger partial charge < -0.3 is 0 Å². The Morgan fingerprint density at radius 2 is 1.61 bits per heavy atom. The molecule has 0 N–H and O–H groups in total. The Morgan fingerprint density at radius 1 is 0.870 bits per heavy atom. The van der Waals surface area contributed by atoms with E-state index in [1.807, 2.05) is 0 Å². The number of carbonyl (C=O) groups is 1. The highest BCUT2D eigenvalue weighted by Crippen LogP contribution is 2.20. The number of ketones is 1. The smallest absolute Gasteiger partial charge is 0.197 e. The first kappa shape index (κ1) is 15.0. The van der Waals surface area contributed by atoms with Gasteiger partial charge in [-0.2, -0.15) is 0 Å². The van der Waals surface area contributed by atoms with Crippen LogP contribution in [0.4, 0.5) is 0 Å². The maximum atomic E-state index is 12.7. The van der Waals surface area contributed by atoms with Gasteiger partial charge in [0.05, 0.1) is 10.6 Å². The van der Waals surface area contributed by atoms with Crippen molar-refractivity contribution in [2.24, 2.45) is 0 Å². The van der Waals surface area contributed by atoms with Crippen molar-refractivity contribution in [3.8, 4) is 11.8 Å². The summed E-state index contributed by atoms with van der Waals surface area (Å²) in [5, 5.41) is 0.411. The molecule has 3 aromatic rings. The molecule has 0 spiro atoms. The molecule has 0 radical (unpaired) electrons. The van der Waals surface area contributed by atoms with Gasteiger partial charge in [-0.3, -0.25) is 9.78 Å². The summed E-state index contributed by atoms with van der Waals surface area (Å²) in [5.74, 6) is 5.74. The average Bonchev–Trinajstić information content (AvgIpc) is 2.61. The molecule has 0 fully saturated rings. The Morgan fingerprint density at radius 3 is 2.39 bits per heavy atom. The SMILES string of the molecule is O=C(c1ccccc1Cl)c1cccnc1C#Cc1ccncc1. The first-order valence-electron chi connectivity index (χ1n) is 6.92. The lowest BCUT2D eigenvalue weighted by Crippen LogP contribution is -2.06. The lowest BCUT2D eigenvalue weighted by atomic mass is 10.0. The molecule has 3 nitrogen and oxygen atoms in total. The maximum absolute atomic E-state index is 12.7. The topological polar surface area (TPSA) is 42.9 Å². The molecule has 4 heteroatoms. The normalized spacial score (nSPS) is 9.78. The fourth-order valence-electron chi connectivity index (χ4n) is 2.05. The molecule has 0 aliphatic heterocycles. The van der Waals surface area contributed by atoms with Crippen molar-refractivity contribution >= 4 is 17.4 Å². The largest absolute Gasteiger partial charge is 0.288 e. The molecular formula is C19H11ClN2O. The van der Waals surface area contributed by atoms with Gasteiger partial charge in [0, 0.05) is 29.7 Å². The number of hydrogen-bond donors (Lipinski definition) is 0. The van der Waals surface area contributed by atoms with Crippen LogP contribution in [0.1, 0.15) is 27.2 Å². The van der Waals surface area contributed by atoms with Crippen LogP contribution in [0.25, 0.3) is 0 Å². The first-order valence-corrected chi connectivity index (χ1v) is 7.30. The summed E-state index contributed by atoms with van der Waals surface area (Å²) in [6.07, 6.45) is 4.94. The summed E-state index contributed by atoms with van der Waals surface area (Å²) in [6.45, 7) is 0. The molecule has 0 saturated carbocycles. The second kappa shape index (κ2) is 6.87. The highest BCUT2D eigenvalue weighted by molar-refractivity contribution is 6.35. The van der Waals surface area contributed by atoms with Gasteiger partial charge in [-0.05, 0) is 42.3 Å². The number of carbonyl (C=O) groups excluding carboxylic acids is 1. The van der Waals surface area contributed by atoms with Gasteiger partial charge in [-0.1, -0.05) is 29.7 Å². The molecule has 0 aliphatic rings. The van der Waals surface area contributed by atoms with E-state index in [4.69, 9.17) is 11.6 Å². The zero-order chi connectivity index (χ0) is 16.1. The minimum Gasteiger partial charge on any atom is -0.288 e. The molecule has 0 aliphatic carbocycles. The molecule has 2 aromatic heterocycles. The summed E-state index contributed by atoms with van der Waals surface area (Å²) in [4.78, 5) is 20.9. The van der Waals surface area contributed by atoms with Crippen molar-refractivity contribution in [1.29, 1.82) is 0 Å². The minimum absolute atomic E-state index is 0.192. The molecule has 1 aromatic carbocycles. The summed E-state index contributed by atoms with van der Waals surface area (Å²) < 4.78 is 0. The van der Waals surface area contributed by atoms with Crippen LogP contribution in [0.3, 0.4) is 0 Å². The molecule has 2 heterocycles. The molecule has 0 bridgehead atoms. The number of aromatic nitrogens is 2. The van der Waals surface area contributed by atoms with Gasteiger partial charge in [-0.15, -0.1) is 0 Å². The van der Waals surface area contributed by atoms with Gasteiger partial charge in [0.1, 0.15) is 5.69 Å². The Labute approximate surface area is 139 Å². The Balaban J connectivity index is 2.01. The minimum atomic E-state index is -0.192. The van der Waals surface area contributed by atoms with Crippen molar-refractivity contribution in [3.63, 3.8) is 0 Å². The van der Waals surface area contributed by atoms with E-state index in [1.165, 1.54) is 0 Å². The predicted octanol–water partition coefficient (Wildman–Crippen LogP) is 3.76. The highest BCUT2D eigenvalue weighted by Gasteiger charge is 2.15. The number of benzene rings is 1. The molecule has 23 heavy (non-hydrogen) atoms. The fourth-order valence-corrected chi connectivity index (χ4v) is 2.27. The van der Waals surface area contributed by atoms with E-state index in [-0.39, 0.29) is 5.78 Å². The van der Waals surface area contributed by atoms with Gasteiger partial charge >= 0.3 is 0 Å². The van der Waals surface area contributed by atoms with Crippen LogP contribution in [0.2, 0.25) is 5.02 Å². The van der Waals surface area contributed by atoms with E-state index in [1.54, 1.807) is 67.1 Å². The number of rotatable bonds is 2. The van der Waals surface area contributed by atoms with E-state index < -0.39 is 0 Å². The van der Waals surface area contributed by atoms with Crippen molar-refractivity contribution in [2.75, 3.05) is 0 Å². The van der Waals surface area contributed by atoms with Gasteiger partial charge in [0.2, 0.25) is 0 Å². The monoisotopic (exact) mass is 318 g/mol. The molecule has 0 saturated heterocycles. The van der Waals surface area contributed by atoms with Crippen molar-refractivity contribution in [2.45, 2.75) is 0 Å². The molecule has 0 amide bonds. The molecule has 110 valence electrons. The van der Waals surface area contributed by atoms with Gasteiger partial charge in [0.15, 0.2) is 5.78 Å². The first-order chi connectivity index (χ1) is 11.3. The van der Waals surface area contributed by atoms with Crippen LogP contribution >= 0.6 is 11.6 Å². The van der Waals surface area contributed by atoms with Crippen LogP contribution in [-0.4, -0.2) is 15.8 Å². The number of hydrogen-bond acceptors (Lipinski definition) is 3. The molecule has 3 rings (SSSR count). The van der Waals surface area contributed by atoms with Gasteiger partial charge in [-0.25, -0.2) is 4.98 Å². The van der Waals surface area contributed by atoms with Crippen LogP contribution < -0.4 is 0 Å². The number of halogens is 1. The van der Waals surface area contributed by atoms with Crippen LogP contribution in [0.15, 0.2) is 67.1 Å². The fraction of sp³-hybridized carbons (Fsp3) is 0. The zero-order valence-electron chi connectivity index (χ0n) is 12.0. The number of nitrogens with zero attached hydrogens (tertiary/aromatic N) is 2. The Bertz CT molecular complexity index is 911. The highest BCUT2D eigenvalue weighted by atomic mass is 35.5. The Kier molecular flexibility index (Phi) is 4.46. The third-order valence-corrected chi connectivity index (χ3v) is 3.51. The Hall–Kier alpha value is -2.96. The molecule has 0 atom stereocenters. The van der Waals surface area contributed by atoms with E-state index in [0.717, 1.165) is 5.56 Å². The van der Waals surface area contributed by atoms with E-state index in [0.29, 0.717) is 21.8 Å². The standard InChI is InChI=1S/C19H11ClN2O/c20-17-6-2-1-4-15(17)19(23)16-5-3-11-22-18(16)8-7-14-9-12-21-13-10-14/h1-6,9-13H. The third-order valence-electron chi connectivity index (χ3n) is 3.18. The lowest BCUT2D eigenvalue weighted by Gasteiger charge is -2.04. The van der Waals surface area contributed by atoms with E-state index in [9.17, 15) is 4.79 Å². The van der Waals surface area contributed by atoms with E-state index in [2.05, 4.69) is 21.8 Å². The molecular weight excluding hydrogens is 308 g/mol. The zero-order valence-corrected chi connectivity index (χ0v) is 12.8. The van der Waals surface area contributed by atoms with Crippen molar-refractivity contribution < 1.29 is 4.79 Å². The maximum Gasteiger partial charge on any atom is 0.197 e. The van der Waals surface area contributed by atoms with Gasteiger partial charge in [0.25, 0.3) is 0 Å². The second-order valence-corrected chi connectivity index (χ2v) is 5.10. The summed E-state index contributed by atoms with van der Waals surface area (Å²) in [7, 11) is 0. The quantitative estimate of drug-likeness (QED) is 0.533. The second-order valence-electron chi connectivity index (χ2n) is 4.69. The van der Waals surface area contributed by atoms with Crippen LogP contribution in [0.5, 0.6) is 0 Å². The molecule has 0 unspecified atom stereocenters.